The van der Waals surface area contributed by atoms with E-state index in [2.05, 4.69) is 41.9 Å². The van der Waals surface area contributed by atoms with Gasteiger partial charge in [-0.05, 0) is 53.5 Å². The number of hydrogen-bond donors (Lipinski definition) is 2. The van der Waals surface area contributed by atoms with Crippen LogP contribution >= 0.6 is 31.9 Å². The van der Waals surface area contributed by atoms with Gasteiger partial charge in [-0.1, -0.05) is 15.9 Å². The molecular formula is C11H14Br2N2O2S. The molecule has 100 valence electrons. The summed E-state index contributed by atoms with van der Waals surface area (Å²) in [5.74, 6) is 0. The zero-order chi connectivity index (χ0) is 13.2. The molecule has 0 radical (unpaired) electrons. The highest BCUT2D eigenvalue weighted by molar-refractivity contribution is 9.11. The van der Waals surface area contributed by atoms with E-state index in [1.165, 1.54) is 0 Å². The summed E-state index contributed by atoms with van der Waals surface area (Å²) in [5.41, 5.74) is 0. The summed E-state index contributed by atoms with van der Waals surface area (Å²) in [5, 5.41) is 3.19. The molecule has 1 aromatic rings. The van der Waals surface area contributed by atoms with Crippen molar-refractivity contribution < 1.29 is 8.42 Å². The maximum Gasteiger partial charge on any atom is 0.241 e. The number of nitrogens with one attached hydrogen (secondary N) is 2. The molecule has 7 heteroatoms. The molecular weight excluding hydrogens is 384 g/mol. The smallest absolute Gasteiger partial charge is 0.241 e. The zero-order valence-corrected chi connectivity index (χ0v) is 13.6. The highest BCUT2D eigenvalue weighted by atomic mass is 79.9. The molecule has 1 fully saturated rings. The fourth-order valence-electron chi connectivity index (χ4n) is 1.93. The van der Waals surface area contributed by atoms with Crippen LogP contribution in [-0.4, -0.2) is 27.5 Å². The van der Waals surface area contributed by atoms with Crippen LogP contribution in [0.5, 0.6) is 0 Å². The number of rotatable bonds is 3. The number of hydrogen-bond acceptors (Lipinski definition) is 3. The Hall–Kier alpha value is 0.0500. The Morgan fingerprint density at radius 1 is 1.33 bits per heavy atom. The van der Waals surface area contributed by atoms with Gasteiger partial charge in [-0.25, -0.2) is 13.1 Å². The van der Waals surface area contributed by atoms with Crippen molar-refractivity contribution in [2.45, 2.75) is 23.8 Å². The van der Waals surface area contributed by atoms with Gasteiger partial charge in [0.25, 0.3) is 0 Å². The van der Waals surface area contributed by atoms with Crippen LogP contribution in [-0.2, 0) is 10.0 Å². The maximum atomic E-state index is 12.2. The lowest BCUT2D eigenvalue weighted by atomic mass is 10.1. The average Bonchev–Trinajstić information content (AvgIpc) is 2.29. The maximum absolute atomic E-state index is 12.2. The van der Waals surface area contributed by atoms with Gasteiger partial charge in [-0.3, -0.25) is 0 Å². The van der Waals surface area contributed by atoms with Gasteiger partial charge in [-0.2, -0.15) is 0 Å². The lowest BCUT2D eigenvalue weighted by Gasteiger charge is -2.23. The number of halogens is 2. The molecule has 0 amide bonds. The quantitative estimate of drug-likeness (QED) is 0.822. The van der Waals surface area contributed by atoms with Crippen LogP contribution in [0.1, 0.15) is 12.8 Å². The molecule has 0 spiro atoms. The molecule has 2 N–H and O–H groups in total. The van der Waals surface area contributed by atoms with Crippen molar-refractivity contribution >= 4 is 41.9 Å². The van der Waals surface area contributed by atoms with Crippen LogP contribution in [0.3, 0.4) is 0 Å². The Labute approximate surface area is 124 Å². The van der Waals surface area contributed by atoms with Gasteiger partial charge >= 0.3 is 0 Å². The Morgan fingerprint density at radius 3 is 2.72 bits per heavy atom. The van der Waals surface area contributed by atoms with Crippen molar-refractivity contribution in [1.82, 2.24) is 10.0 Å². The summed E-state index contributed by atoms with van der Waals surface area (Å²) < 4.78 is 28.6. The van der Waals surface area contributed by atoms with Crippen molar-refractivity contribution in [3.05, 3.63) is 27.1 Å². The minimum absolute atomic E-state index is 0.0284. The first-order valence-corrected chi connectivity index (χ1v) is 8.74. The SMILES string of the molecule is O=S(=O)(N[C@@H]1CCCNC1)c1ccc(Br)cc1Br. The molecule has 1 atom stereocenters. The monoisotopic (exact) mass is 396 g/mol. The first-order valence-electron chi connectivity index (χ1n) is 5.67. The second-order valence-electron chi connectivity index (χ2n) is 4.24. The molecule has 1 heterocycles. The molecule has 1 aliphatic heterocycles. The summed E-state index contributed by atoms with van der Waals surface area (Å²) in [4.78, 5) is 0.274. The zero-order valence-electron chi connectivity index (χ0n) is 9.62. The highest BCUT2D eigenvalue weighted by Crippen LogP contribution is 2.26. The van der Waals surface area contributed by atoms with E-state index in [0.29, 0.717) is 11.0 Å². The van der Waals surface area contributed by atoms with Crippen molar-refractivity contribution in [3.63, 3.8) is 0 Å². The Morgan fingerprint density at radius 2 is 2.11 bits per heavy atom. The van der Waals surface area contributed by atoms with Gasteiger partial charge in [0.15, 0.2) is 0 Å². The third-order valence-electron chi connectivity index (χ3n) is 2.80. The van der Waals surface area contributed by atoms with Gasteiger partial charge < -0.3 is 5.32 Å². The van der Waals surface area contributed by atoms with Gasteiger partial charge in [-0.15, -0.1) is 0 Å². The molecule has 1 aromatic carbocycles. The van der Waals surface area contributed by atoms with Gasteiger partial charge in [0.1, 0.15) is 0 Å². The summed E-state index contributed by atoms with van der Waals surface area (Å²) in [6.45, 7) is 1.65. The fourth-order valence-corrected chi connectivity index (χ4v) is 4.94. The van der Waals surface area contributed by atoms with Crippen molar-refractivity contribution in [1.29, 1.82) is 0 Å². The minimum Gasteiger partial charge on any atom is -0.315 e. The second kappa shape index (κ2) is 6.00. The van der Waals surface area contributed by atoms with E-state index in [9.17, 15) is 8.42 Å². The normalized spacial score (nSPS) is 20.9. The first-order chi connectivity index (χ1) is 8.49. The summed E-state index contributed by atoms with van der Waals surface area (Å²) >= 11 is 6.59. The van der Waals surface area contributed by atoms with Crippen molar-refractivity contribution in [3.8, 4) is 0 Å². The Bertz CT molecular complexity index is 528. The van der Waals surface area contributed by atoms with E-state index in [1.807, 2.05) is 0 Å². The van der Waals surface area contributed by atoms with E-state index >= 15 is 0 Å². The van der Waals surface area contributed by atoms with Crippen LogP contribution in [0.15, 0.2) is 32.0 Å². The molecule has 0 unspecified atom stereocenters. The van der Waals surface area contributed by atoms with Crippen LogP contribution in [0.2, 0.25) is 0 Å². The first kappa shape index (κ1) is 14.5. The predicted octanol–water partition coefficient (Wildman–Crippen LogP) is 2.24. The largest absolute Gasteiger partial charge is 0.315 e. The van der Waals surface area contributed by atoms with Crippen LogP contribution < -0.4 is 10.0 Å². The molecule has 1 aliphatic rings. The van der Waals surface area contributed by atoms with Gasteiger partial charge in [0.05, 0.1) is 4.90 Å². The van der Waals surface area contributed by atoms with Crippen molar-refractivity contribution in [2.75, 3.05) is 13.1 Å². The van der Waals surface area contributed by atoms with Crippen molar-refractivity contribution in [2.24, 2.45) is 0 Å². The van der Waals surface area contributed by atoms with E-state index in [-0.39, 0.29) is 10.9 Å². The molecule has 18 heavy (non-hydrogen) atoms. The number of piperidine rings is 1. The van der Waals surface area contributed by atoms with Gasteiger partial charge in [0.2, 0.25) is 10.0 Å². The molecule has 4 nitrogen and oxygen atoms in total. The topological polar surface area (TPSA) is 58.2 Å². The molecule has 0 aliphatic carbocycles. The van der Waals surface area contributed by atoms with E-state index < -0.39 is 10.0 Å². The lowest BCUT2D eigenvalue weighted by Crippen LogP contribution is -2.45. The van der Waals surface area contributed by atoms with Gasteiger partial charge in [0, 0.05) is 21.5 Å². The minimum atomic E-state index is -3.47. The number of sulfonamides is 1. The van der Waals surface area contributed by atoms with E-state index in [4.69, 9.17) is 0 Å². The summed E-state index contributed by atoms with van der Waals surface area (Å²) in [6.07, 6.45) is 1.87. The molecule has 0 aromatic heterocycles. The van der Waals surface area contributed by atoms with Crippen LogP contribution in [0.25, 0.3) is 0 Å². The lowest BCUT2D eigenvalue weighted by molar-refractivity contribution is 0.428. The second-order valence-corrected chi connectivity index (χ2v) is 7.69. The van der Waals surface area contributed by atoms with Crippen LogP contribution in [0.4, 0.5) is 0 Å². The molecule has 0 bridgehead atoms. The molecule has 2 rings (SSSR count). The van der Waals surface area contributed by atoms with Crippen LogP contribution in [0, 0.1) is 0 Å². The molecule has 0 saturated carbocycles. The Balaban J connectivity index is 2.19. The third kappa shape index (κ3) is 3.54. The third-order valence-corrected chi connectivity index (χ3v) is 5.79. The Kier molecular flexibility index (Phi) is 4.82. The van der Waals surface area contributed by atoms with E-state index in [0.717, 1.165) is 23.9 Å². The predicted molar refractivity (Wildman–Crippen MR) is 78.1 cm³/mol. The fraction of sp³-hybridized carbons (Fsp3) is 0.455. The number of benzene rings is 1. The highest BCUT2D eigenvalue weighted by Gasteiger charge is 2.23. The average molecular weight is 398 g/mol. The summed E-state index contributed by atoms with van der Waals surface area (Å²) in [7, 11) is -3.47. The molecule has 1 saturated heterocycles. The summed E-state index contributed by atoms with van der Waals surface area (Å²) in [6, 6.07) is 5.01. The standard InChI is InChI=1S/C11H14Br2N2O2S/c12-8-3-4-11(10(13)6-8)18(16,17)15-9-2-1-5-14-7-9/h3-4,6,9,14-15H,1-2,5,7H2/t9-/m1/s1. The van der Waals surface area contributed by atoms with E-state index in [1.54, 1.807) is 18.2 Å².